The van der Waals surface area contributed by atoms with Crippen molar-refractivity contribution in [2.24, 2.45) is 4.99 Å². The molecule has 1 heterocycles. The number of methoxy groups -OCH3 is 1. The lowest BCUT2D eigenvalue weighted by Gasteiger charge is -2.17. The number of hydrogen-bond donors (Lipinski definition) is 2. The molecule has 0 fully saturated rings. The highest BCUT2D eigenvalue weighted by atomic mass is 32.2. The SMILES string of the molecule is CCOC(=O)CC1=CC(S[C@@H](CC)C(=O)Nc2cc(C)ccc2OC)=Nc2ccccc2N1. The molecule has 3 rings (SSSR count). The molecule has 8 heteroatoms. The summed E-state index contributed by atoms with van der Waals surface area (Å²) in [6, 6.07) is 13.2. The van der Waals surface area contributed by atoms with Gasteiger partial charge in [-0.3, -0.25) is 9.59 Å². The molecule has 33 heavy (non-hydrogen) atoms. The number of thioether (sulfide) groups is 1. The molecule has 0 aliphatic carbocycles. The number of anilines is 2. The molecule has 0 radical (unpaired) electrons. The molecular formula is C25H29N3O4S. The first-order chi connectivity index (χ1) is 15.9. The molecule has 0 aromatic heterocycles. The molecule has 0 unspecified atom stereocenters. The zero-order valence-corrected chi connectivity index (χ0v) is 20.1. The number of amides is 1. The molecule has 1 aliphatic heterocycles. The van der Waals surface area contributed by atoms with Crippen molar-refractivity contribution in [1.82, 2.24) is 0 Å². The normalized spacial score (nSPS) is 13.5. The van der Waals surface area contributed by atoms with E-state index in [2.05, 4.69) is 10.6 Å². The standard InChI is InChI=1S/C25H29N3O4S/c1-5-22(25(30)28-20-13-16(3)11-12-21(20)31-4)33-23-14-17(15-24(29)32-6-2)26-18-9-7-8-10-19(18)27-23/h7-14,22,26H,5-6,15H2,1-4H3,(H,28,30)/t22-/m0/s1. The maximum absolute atomic E-state index is 13.1. The number of para-hydroxylation sites is 2. The second kappa shape index (κ2) is 11.6. The molecular weight excluding hydrogens is 438 g/mol. The Morgan fingerprint density at radius 1 is 1.18 bits per heavy atom. The van der Waals surface area contributed by atoms with Gasteiger partial charge in [-0.1, -0.05) is 36.9 Å². The molecule has 2 aromatic carbocycles. The minimum Gasteiger partial charge on any atom is -0.495 e. The molecule has 2 aromatic rings. The van der Waals surface area contributed by atoms with E-state index in [0.29, 0.717) is 35.2 Å². The lowest BCUT2D eigenvalue weighted by atomic mass is 10.2. The van der Waals surface area contributed by atoms with Crippen LogP contribution in [0.4, 0.5) is 17.1 Å². The minimum absolute atomic E-state index is 0.0885. The molecule has 0 bridgehead atoms. The van der Waals surface area contributed by atoms with Gasteiger partial charge >= 0.3 is 5.97 Å². The Hall–Kier alpha value is -3.26. The van der Waals surface area contributed by atoms with Crippen LogP contribution in [0.3, 0.4) is 0 Å². The van der Waals surface area contributed by atoms with Crippen molar-refractivity contribution in [2.75, 3.05) is 24.4 Å². The van der Waals surface area contributed by atoms with Gasteiger partial charge in [0.25, 0.3) is 0 Å². The number of carbonyl (C=O) groups is 2. The molecule has 1 amide bonds. The first kappa shape index (κ1) is 24.4. The Bertz CT molecular complexity index is 1080. The van der Waals surface area contributed by atoms with E-state index in [1.165, 1.54) is 11.8 Å². The summed E-state index contributed by atoms with van der Waals surface area (Å²) in [5.41, 5.74) is 3.86. The number of nitrogens with one attached hydrogen (secondary N) is 2. The van der Waals surface area contributed by atoms with Crippen molar-refractivity contribution in [2.45, 2.75) is 38.9 Å². The number of fused-ring (bicyclic) bond motifs is 1. The number of benzene rings is 2. The second-order valence-corrected chi connectivity index (χ2v) is 8.67. The van der Waals surface area contributed by atoms with Crippen molar-refractivity contribution in [1.29, 1.82) is 0 Å². The highest BCUT2D eigenvalue weighted by Crippen LogP contribution is 2.33. The molecule has 1 aliphatic rings. The third-order valence-electron chi connectivity index (χ3n) is 4.91. The Morgan fingerprint density at radius 2 is 1.97 bits per heavy atom. The number of aryl methyl sites for hydroxylation is 1. The topological polar surface area (TPSA) is 89.0 Å². The highest BCUT2D eigenvalue weighted by Gasteiger charge is 2.23. The molecule has 0 saturated heterocycles. The summed E-state index contributed by atoms with van der Waals surface area (Å²) in [6.07, 6.45) is 2.50. The van der Waals surface area contributed by atoms with E-state index in [9.17, 15) is 9.59 Å². The van der Waals surface area contributed by atoms with Crippen molar-refractivity contribution in [3.63, 3.8) is 0 Å². The lowest BCUT2D eigenvalue weighted by Crippen LogP contribution is -2.26. The van der Waals surface area contributed by atoms with Crippen LogP contribution in [-0.2, 0) is 14.3 Å². The predicted octanol–water partition coefficient (Wildman–Crippen LogP) is 5.45. The van der Waals surface area contributed by atoms with Crippen molar-refractivity contribution < 1.29 is 19.1 Å². The first-order valence-electron chi connectivity index (χ1n) is 10.9. The van der Waals surface area contributed by atoms with E-state index in [1.807, 2.05) is 62.4 Å². The third-order valence-corrected chi connectivity index (χ3v) is 6.19. The van der Waals surface area contributed by atoms with Crippen LogP contribution in [0.25, 0.3) is 0 Å². The number of hydrogen-bond acceptors (Lipinski definition) is 7. The average Bonchev–Trinajstić information content (AvgIpc) is 2.95. The van der Waals surface area contributed by atoms with Gasteiger partial charge in [0.05, 0.1) is 47.5 Å². The summed E-state index contributed by atoms with van der Waals surface area (Å²) in [7, 11) is 1.58. The van der Waals surface area contributed by atoms with E-state index >= 15 is 0 Å². The van der Waals surface area contributed by atoms with Gasteiger partial charge in [-0.2, -0.15) is 0 Å². The summed E-state index contributed by atoms with van der Waals surface area (Å²) < 4.78 is 10.5. The van der Waals surface area contributed by atoms with Gasteiger partial charge in [0.15, 0.2) is 0 Å². The fourth-order valence-electron chi connectivity index (χ4n) is 3.31. The monoisotopic (exact) mass is 467 g/mol. The summed E-state index contributed by atoms with van der Waals surface area (Å²) in [4.78, 5) is 30.0. The number of nitrogens with zero attached hydrogens (tertiary/aromatic N) is 1. The van der Waals surface area contributed by atoms with Gasteiger partial charge in [0.1, 0.15) is 5.75 Å². The van der Waals surface area contributed by atoms with Gasteiger partial charge < -0.3 is 20.1 Å². The number of aliphatic imine (C=N–C) groups is 1. The average molecular weight is 468 g/mol. The van der Waals surface area contributed by atoms with E-state index in [1.54, 1.807) is 14.0 Å². The number of ether oxygens (including phenoxy) is 2. The minimum atomic E-state index is -0.390. The second-order valence-electron chi connectivity index (χ2n) is 7.45. The van der Waals surface area contributed by atoms with E-state index in [0.717, 1.165) is 16.9 Å². The molecule has 174 valence electrons. The maximum atomic E-state index is 13.1. The smallest absolute Gasteiger partial charge is 0.311 e. The van der Waals surface area contributed by atoms with E-state index in [-0.39, 0.29) is 23.5 Å². The van der Waals surface area contributed by atoms with Gasteiger partial charge in [0.2, 0.25) is 5.91 Å². The van der Waals surface area contributed by atoms with Crippen LogP contribution < -0.4 is 15.4 Å². The van der Waals surface area contributed by atoms with Crippen LogP contribution in [0.1, 0.15) is 32.3 Å². The quantitative estimate of drug-likeness (QED) is 0.502. The zero-order valence-electron chi connectivity index (χ0n) is 19.3. The van der Waals surface area contributed by atoms with Crippen molar-refractivity contribution >= 4 is 45.7 Å². The van der Waals surface area contributed by atoms with Gasteiger partial charge in [-0.05, 0) is 56.2 Å². The molecule has 0 saturated carbocycles. The fraction of sp³-hybridized carbons (Fsp3) is 0.320. The van der Waals surface area contributed by atoms with Crippen LogP contribution in [0.15, 0.2) is 59.2 Å². The Balaban J connectivity index is 1.84. The van der Waals surface area contributed by atoms with E-state index in [4.69, 9.17) is 14.5 Å². The summed E-state index contributed by atoms with van der Waals surface area (Å²) in [6.45, 7) is 6.01. The summed E-state index contributed by atoms with van der Waals surface area (Å²) in [5.74, 6) is 0.145. The lowest BCUT2D eigenvalue weighted by molar-refractivity contribution is -0.142. The summed E-state index contributed by atoms with van der Waals surface area (Å²) >= 11 is 1.36. The van der Waals surface area contributed by atoms with Crippen LogP contribution in [0.2, 0.25) is 0 Å². The largest absolute Gasteiger partial charge is 0.495 e. The number of rotatable bonds is 8. The molecule has 0 spiro atoms. The Kier molecular flexibility index (Phi) is 8.54. The van der Waals surface area contributed by atoms with Gasteiger partial charge in [-0.15, -0.1) is 0 Å². The third kappa shape index (κ3) is 6.61. The molecule has 2 N–H and O–H groups in total. The van der Waals surface area contributed by atoms with Crippen LogP contribution in [0, 0.1) is 6.92 Å². The van der Waals surface area contributed by atoms with Crippen LogP contribution >= 0.6 is 11.8 Å². The predicted molar refractivity (Wildman–Crippen MR) is 135 cm³/mol. The Morgan fingerprint density at radius 3 is 2.70 bits per heavy atom. The number of esters is 1. The number of carbonyl (C=O) groups excluding carboxylic acids is 2. The van der Waals surface area contributed by atoms with Gasteiger partial charge in [-0.25, -0.2) is 4.99 Å². The zero-order chi connectivity index (χ0) is 23.8. The van der Waals surface area contributed by atoms with Crippen LogP contribution in [0.5, 0.6) is 5.75 Å². The highest BCUT2D eigenvalue weighted by molar-refractivity contribution is 8.15. The van der Waals surface area contributed by atoms with Crippen molar-refractivity contribution in [3.05, 3.63) is 59.8 Å². The van der Waals surface area contributed by atoms with E-state index < -0.39 is 0 Å². The Labute approximate surface area is 198 Å². The molecule has 7 nitrogen and oxygen atoms in total. The maximum Gasteiger partial charge on any atom is 0.311 e. The van der Waals surface area contributed by atoms with Gasteiger partial charge in [0, 0.05) is 5.70 Å². The summed E-state index contributed by atoms with van der Waals surface area (Å²) in [5, 5.41) is 6.52. The molecule has 1 atom stereocenters. The fourth-order valence-corrected chi connectivity index (χ4v) is 4.30. The van der Waals surface area contributed by atoms with Crippen LogP contribution in [-0.4, -0.2) is 35.9 Å². The van der Waals surface area contributed by atoms with Crippen molar-refractivity contribution in [3.8, 4) is 5.75 Å². The first-order valence-corrected chi connectivity index (χ1v) is 11.7.